The fraction of sp³-hybridized carbons (Fsp3) is 0.136. The first-order valence-electron chi connectivity index (χ1n) is 9.40. The van der Waals surface area contributed by atoms with Crippen LogP contribution in [0.3, 0.4) is 0 Å². The lowest BCUT2D eigenvalue weighted by Gasteiger charge is -2.07. The summed E-state index contributed by atoms with van der Waals surface area (Å²) in [5.41, 5.74) is 3.67. The molecule has 2 aromatic heterocycles. The van der Waals surface area contributed by atoms with Gasteiger partial charge in [-0.25, -0.2) is 4.68 Å². The van der Waals surface area contributed by atoms with E-state index in [4.69, 9.17) is 10.3 Å². The van der Waals surface area contributed by atoms with E-state index in [2.05, 4.69) is 15.5 Å². The van der Waals surface area contributed by atoms with E-state index in [1.807, 2.05) is 55.5 Å². The van der Waals surface area contributed by atoms with Gasteiger partial charge in [0.05, 0.1) is 12.8 Å². The van der Waals surface area contributed by atoms with E-state index >= 15 is 0 Å². The molecule has 3 N–H and O–H groups in total. The van der Waals surface area contributed by atoms with Gasteiger partial charge in [0, 0.05) is 16.9 Å². The number of nitrogens with zero attached hydrogens (tertiary/aromatic N) is 3. The fourth-order valence-corrected chi connectivity index (χ4v) is 3.71. The molecule has 0 aliphatic heterocycles. The molecule has 2 aromatic carbocycles. The number of thioether (sulfide) groups is 1. The van der Waals surface area contributed by atoms with E-state index in [1.165, 1.54) is 22.0 Å². The van der Waals surface area contributed by atoms with Gasteiger partial charge in [-0.1, -0.05) is 53.7 Å². The Hall–Kier alpha value is -3.52. The summed E-state index contributed by atoms with van der Waals surface area (Å²) in [6.07, 6.45) is 1.58. The van der Waals surface area contributed by atoms with Crippen LogP contribution in [0.5, 0.6) is 0 Å². The summed E-state index contributed by atoms with van der Waals surface area (Å²) in [5, 5.41) is 11.9. The molecule has 0 bridgehead atoms. The summed E-state index contributed by atoms with van der Waals surface area (Å²) >= 11 is 1.47. The van der Waals surface area contributed by atoms with Gasteiger partial charge < -0.3 is 15.6 Å². The highest BCUT2D eigenvalue weighted by molar-refractivity contribution is 7.98. The lowest BCUT2D eigenvalue weighted by molar-refractivity contribution is 0.0948. The van der Waals surface area contributed by atoms with Crippen LogP contribution >= 0.6 is 11.8 Å². The summed E-state index contributed by atoms with van der Waals surface area (Å²) in [5.74, 6) is 7.99. The van der Waals surface area contributed by atoms with Gasteiger partial charge in [0.25, 0.3) is 5.91 Å². The van der Waals surface area contributed by atoms with Gasteiger partial charge in [0.15, 0.2) is 5.82 Å². The van der Waals surface area contributed by atoms with Crippen molar-refractivity contribution in [2.45, 2.75) is 24.4 Å². The van der Waals surface area contributed by atoms with E-state index in [1.54, 1.807) is 18.4 Å². The highest BCUT2D eigenvalue weighted by Gasteiger charge is 2.13. The van der Waals surface area contributed by atoms with Crippen LogP contribution < -0.4 is 11.2 Å². The van der Waals surface area contributed by atoms with Crippen molar-refractivity contribution in [1.82, 2.24) is 20.2 Å². The number of hydrogen-bond acceptors (Lipinski definition) is 6. The normalized spacial score (nSPS) is 10.8. The van der Waals surface area contributed by atoms with Crippen molar-refractivity contribution in [3.63, 3.8) is 0 Å². The summed E-state index contributed by atoms with van der Waals surface area (Å²) in [7, 11) is 0. The van der Waals surface area contributed by atoms with Crippen LogP contribution in [-0.2, 0) is 12.3 Å². The number of rotatable bonds is 7. The fourth-order valence-electron chi connectivity index (χ4n) is 2.91. The molecule has 2 heterocycles. The monoisotopic (exact) mass is 419 g/mol. The zero-order valence-electron chi connectivity index (χ0n) is 16.4. The number of amides is 1. The number of nitrogens with one attached hydrogen (secondary N) is 1. The van der Waals surface area contributed by atoms with E-state index in [0.717, 1.165) is 11.1 Å². The lowest BCUT2D eigenvalue weighted by Crippen LogP contribution is -2.22. The number of nitrogens with two attached hydrogens (primary N) is 1. The molecule has 0 radical (unpaired) electrons. The first-order chi connectivity index (χ1) is 14.6. The predicted octanol–water partition coefficient (Wildman–Crippen LogP) is 3.78. The van der Waals surface area contributed by atoms with Crippen molar-refractivity contribution in [2.24, 2.45) is 0 Å². The molecule has 0 saturated heterocycles. The maximum Gasteiger partial charge on any atom is 0.251 e. The molecule has 30 heavy (non-hydrogen) atoms. The molecule has 0 spiro atoms. The number of hydrogen-bond donors (Lipinski definition) is 2. The summed E-state index contributed by atoms with van der Waals surface area (Å²) in [4.78, 5) is 12.4. The average molecular weight is 420 g/mol. The van der Waals surface area contributed by atoms with Gasteiger partial charge in [0.1, 0.15) is 5.76 Å². The largest absolute Gasteiger partial charge is 0.467 e. The Morgan fingerprint density at radius 1 is 1.13 bits per heavy atom. The highest BCUT2D eigenvalue weighted by Crippen LogP contribution is 2.25. The number of carbonyl (C=O) groups excluding carboxylic acids is 1. The van der Waals surface area contributed by atoms with Crippen LogP contribution in [0.4, 0.5) is 0 Å². The summed E-state index contributed by atoms with van der Waals surface area (Å²) in [6.45, 7) is 2.38. The molecule has 8 heteroatoms. The molecule has 0 saturated carbocycles. The predicted molar refractivity (Wildman–Crippen MR) is 116 cm³/mol. The van der Waals surface area contributed by atoms with Crippen molar-refractivity contribution >= 4 is 17.7 Å². The van der Waals surface area contributed by atoms with Crippen molar-refractivity contribution in [3.8, 4) is 11.4 Å². The Balaban J connectivity index is 1.40. The van der Waals surface area contributed by atoms with Gasteiger partial charge in [-0.05, 0) is 36.8 Å². The zero-order chi connectivity index (χ0) is 20.9. The maximum absolute atomic E-state index is 12.4. The van der Waals surface area contributed by atoms with Crippen molar-refractivity contribution < 1.29 is 9.21 Å². The quantitative estimate of drug-likeness (QED) is 0.349. The molecule has 4 rings (SSSR count). The van der Waals surface area contributed by atoms with Crippen LogP contribution in [0, 0.1) is 6.92 Å². The zero-order valence-corrected chi connectivity index (χ0v) is 17.2. The molecule has 152 valence electrons. The second-order valence-corrected chi connectivity index (χ2v) is 7.74. The maximum atomic E-state index is 12.4. The third-order valence-electron chi connectivity index (χ3n) is 4.53. The van der Waals surface area contributed by atoms with Crippen LogP contribution in [0.2, 0.25) is 0 Å². The van der Waals surface area contributed by atoms with E-state index < -0.39 is 0 Å². The smallest absolute Gasteiger partial charge is 0.251 e. The molecule has 0 fully saturated rings. The van der Waals surface area contributed by atoms with Crippen molar-refractivity contribution in [1.29, 1.82) is 0 Å². The van der Waals surface area contributed by atoms with Gasteiger partial charge in [0.2, 0.25) is 5.16 Å². The van der Waals surface area contributed by atoms with E-state index in [-0.39, 0.29) is 5.91 Å². The summed E-state index contributed by atoms with van der Waals surface area (Å²) in [6, 6.07) is 19.1. The summed E-state index contributed by atoms with van der Waals surface area (Å²) < 4.78 is 6.73. The molecule has 0 atom stereocenters. The Bertz CT molecular complexity index is 1140. The minimum atomic E-state index is -0.151. The molecule has 4 aromatic rings. The van der Waals surface area contributed by atoms with Crippen LogP contribution in [-0.4, -0.2) is 20.8 Å². The minimum Gasteiger partial charge on any atom is -0.467 e. The number of carbonyl (C=O) groups is 1. The first-order valence-corrected chi connectivity index (χ1v) is 10.4. The Labute approximate surface area is 178 Å². The Morgan fingerprint density at radius 3 is 2.73 bits per heavy atom. The van der Waals surface area contributed by atoms with Crippen LogP contribution in [0.25, 0.3) is 11.4 Å². The third-order valence-corrected chi connectivity index (χ3v) is 5.55. The molecule has 0 aliphatic rings. The Morgan fingerprint density at radius 2 is 1.97 bits per heavy atom. The standard InChI is InChI=1S/C22H21N5O2S/c1-15-7-9-17(10-8-15)20-25-26-22(27(20)23)30-14-16-4-2-5-18(12-16)21(28)24-13-19-6-3-11-29-19/h2-12H,13-14,23H2,1H3,(H,24,28). The molecular formula is C22H21N5O2S. The van der Waals surface area contributed by atoms with Crippen molar-refractivity contribution in [2.75, 3.05) is 5.84 Å². The van der Waals surface area contributed by atoms with Gasteiger partial charge in [-0.2, -0.15) is 0 Å². The SMILES string of the molecule is Cc1ccc(-c2nnc(SCc3cccc(C(=O)NCc4ccco4)c3)n2N)cc1. The number of benzene rings is 2. The first kappa shape index (κ1) is 19.8. The number of aromatic nitrogens is 3. The van der Waals surface area contributed by atoms with Crippen LogP contribution in [0.1, 0.15) is 27.2 Å². The molecule has 7 nitrogen and oxygen atoms in total. The average Bonchev–Trinajstić information content (AvgIpc) is 3.41. The molecule has 0 aliphatic carbocycles. The molecular weight excluding hydrogens is 398 g/mol. The lowest BCUT2D eigenvalue weighted by atomic mass is 10.1. The molecule has 1 amide bonds. The second kappa shape index (κ2) is 8.87. The van der Waals surface area contributed by atoms with E-state index in [9.17, 15) is 4.79 Å². The molecule has 0 unspecified atom stereocenters. The number of aryl methyl sites for hydroxylation is 1. The van der Waals surface area contributed by atoms with Gasteiger partial charge in [-0.3, -0.25) is 4.79 Å². The van der Waals surface area contributed by atoms with E-state index in [0.29, 0.717) is 34.6 Å². The third kappa shape index (κ3) is 4.55. The van der Waals surface area contributed by atoms with Crippen LogP contribution in [0.15, 0.2) is 76.5 Å². The van der Waals surface area contributed by atoms with Gasteiger partial charge >= 0.3 is 0 Å². The van der Waals surface area contributed by atoms with Gasteiger partial charge in [-0.15, -0.1) is 10.2 Å². The van der Waals surface area contributed by atoms with Crippen molar-refractivity contribution in [3.05, 3.63) is 89.4 Å². The highest BCUT2D eigenvalue weighted by atomic mass is 32.2. The minimum absolute atomic E-state index is 0.151. The second-order valence-electron chi connectivity index (χ2n) is 6.79. The number of furan rings is 1. The topological polar surface area (TPSA) is 99.0 Å². The number of nitrogen functional groups attached to an aromatic ring is 1. The Kier molecular flexibility index (Phi) is 5.85.